The Morgan fingerprint density at radius 2 is 1.69 bits per heavy atom. The van der Waals surface area contributed by atoms with Gasteiger partial charge in [0.15, 0.2) is 5.75 Å². The summed E-state index contributed by atoms with van der Waals surface area (Å²) in [4.78, 5) is 23.4. The lowest BCUT2D eigenvalue weighted by Gasteiger charge is -2.17. The summed E-state index contributed by atoms with van der Waals surface area (Å²) >= 11 is 16.1. The number of rotatable bonds is 7. The Hall–Kier alpha value is -1.96. The molecule has 0 radical (unpaired) electrons. The first kappa shape index (κ1) is 23.3. The Labute approximate surface area is 187 Å². The molecule has 0 aliphatic heterocycles. The maximum Gasteiger partial charge on any atom is 0.325 e. The summed E-state index contributed by atoms with van der Waals surface area (Å²) in [7, 11) is 2.84. The average Bonchev–Trinajstić information content (AvgIpc) is 2.68. The first-order valence-electron chi connectivity index (χ1n) is 8.57. The molecule has 0 unspecified atom stereocenters. The molecule has 6 nitrogen and oxygen atoms in total. The van der Waals surface area contributed by atoms with Gasteiger partial charge in [-0.15, -0.1) is 0 Å². The summed E-state index contributed by atoms with van der Waals surface area (Å²) in [6, 6.07) is 6.48. The highest BCUT2D eigenvalue weighted by molar-refractivity contribution is 9.10. The van der Waals surface area contributed by atoms with Gasteiger partial charge in [-0.1, -0.05) is 37.0 Å². The van der Waals surface area contributed by atoms with Crippen molar-refractivity contribution in [2.45, 2.75) is 19.8 Å². The number of esters is 1. The Balaban J connectivity index is 2.32. The molecule has 0 aliphatic carbocycles. The monoisotopic (exact) mass is 503 g/mol. The fourth-order valence-electron chi connectivity index (χ4n) is 2.48. The van der Waals surface area contributed by atoms with Crippen LogP contribution in [-0.2, 0) is 9.53 Å². The third kappa shape index (κ3) is 5.78. The van der Waals surface area contributed by atoms with Crippen LogP contribution in [0.2, 0.25) is 10.0 Å². The molecule has 9 heteroatoms. The summed E-state index contributed by atoms with van der Waals surface area (Å²) in [5.74, 6) is 0.556. The predicted octanol–water partition coefficient (Wildman–Crippen LogP) is 5.58. The number of methoxy groups -OCH3 is 2. The zero-order valence-electron chi connectivity index (χ0n) is 16.3. The molecule has 1 N–H and O–H groups in total. The van der Waals surface area contributed by atoms with Crippen molar-refractivity contribution < 1.29 is 23.8 Å². The zero-order valence-corrected chi connectivity index (χ0v) is 19.4. The number of halogens is 3. The zero-order chi connectivity index (χ0) is 21.7. The molecule has 2 aromatic carbocycles. The number of ether oxygens (including phenoxy) is 3. The van der Waals surface area contributed by atoms with Crippen LogP contribution in [0.3, 0.4) is 0 Å². The molecule has 0 saturated carbocycles. The molecule has 0 atom stereocenters. The van der Waals surface area contributed by atoms with Crippen molar-refractivity contribution in [2.75, 3.05) is 20.8 Å². The fourth-order valence-corrected chi connectivity index (χ4v) is 3.45. The van der Waals surface area contributed by atoms with Gasteiger partial charge in [0.1, 0.15) is 18.0 Å². The van der Waals surface area contributed by atoms with Gasteiger partial charge in [0.25, 0.3) is 5.91 Å². The first-order chi connectivity index (χ1) is 13.7. The summed E-state index contributed by atoms with van der Waals surface area (Å²) in [6.07, 6.45) is 0. The maximum atomic E-state index is 12.2. The summed E-state index contributed by atoms with van der Waals surface area (Å²) < 4.78 is 16.5. The van der Waals surface area contributed by atoms with Gasteiger partial charge in [-0.2, -0.15) is 0 Å². The minimum atomic E-state index is -0.569. The van der Waals surface area contributed by atoms with Crippen LogP contribution in [0.4, 0.5) is 0 Å². The number of benzene rings is 2. The number of hydrogen-bond acceptors (Lipinski definition) is 5. The van der Waals surface area contributed by atoms with Crippen molar-refractivity contribution in [3.63, 3.8) is 0 Å². The Morgan fingerprint density at radius 3 is 2.21 bits per heavy atom. The molecular weight excluding hydrogens is 485 g/mol. The summed E-state index contributed by atoms with van der Waals surface area (Å²) in [6.45, 7) is 3.81. The van der Waals surface area contributed by atoms with Crippen molar-refractivity contribution in [3.05, 3.63) is 49.9 Å². The molecule has 29 heavy (non-hydrogen) atoms. The van der Waals surface area contributed by atoms with Crippen molar-refractivity contribution >= 4 is 51.0 Å². The van der Waals surface area contributed by atoms with E-state index in [0.29, 0.717) is 10.2 Å². The number of carbonyl (C=O) groups excluding carboxylic acids is 2. The third-order valence-corrected chi connectivity index (χ3v) is 5.18. The van der Waals surface area contributed by atoms with Gasteiger partial charge in [0.2, 0.25) is 0 Å². The van der Waals surface area contributed by atoms with Crippen molar-refractivity contribution in [3.8, 4) is 17.2 Å². The van der Waals surface area contributed by atoms with Crippen molar-refractivity contribution in [1.82, 2.24) is 5.32 Å². The van der Waals surface area contributed by atoms with E-state index in [2.05, 4.69) is 26.0 Å². The maximum absolute atomic E-state index is 12.2. The number of amides is 1. The van der Waals surface area contributed by atoms with E-state index in [1.807, 2.05) is 19.9 Å². The average molecular weight is 505 g/mol. The van der Waals surface area contributed by atoms with E-state index >= 15 is 0 Å². The van der Waals surface area contributed by atoms with E-state index in [9.17, 15) is 9.59 Å². The van der Waals surface area contributed by atoms with Crippen molar-refractivity contribution in [1.29, 1.82) is 0 Å². The molecule has 156 valence electrons. The van der Waals surface area contributed by atoms with Gasteiger partial charge in [-0.05, 0) is 46.1 Å². The Kier molecular flexibility index (Phi) is 8.19. The minimum Gasteiger partial charge on any atom is -0.496 e. The number of nitrogens with one attached hydrogen (secondary N) is 1. The lowest BCUT2D eigenvalue weighted by Crippen LogP contribution is -2.30. The molecule has 2 rings (SSSR count). The Morgan fingerprint density at radius 1 is 1.07 bits per heavy atom. The topological polar surface area (TPSA) is 73.9 Å². The third-order valence-electron chi connectivity index (χ3n) is 4.00. The second-order valence-corrected chi connectivity index (χ2v) is 7.98. The van der Waals surface area contributed by atoms with Crippen LogP contribution in [0.1, 0.15) is 35.7 Å². The van der Waals surface area contributed by atoms with E-state index < -0.39 is 11.9 Å². The molecule has 0 aromatic heterocycles. The van der Waals surface area contributed by atoms with Crippen LogP contribution in [-0.4, -0.2) is 32.6 Å². The van der Waals surface area contributed by atoms with E-state index in [-0.39, 0.29) is 33.8 Å². The number of hydrogen-bond donors (Lipinski definition) is 1. The molecule has 0 spiro atoms. The van der Waals surface area contributed by atoms with Crippen LogP contribution in [0.5, 0.6) is 17.2 Å². The predicted molar refractivity (Wildman–Crippen MR) is 116 cm³/mol. The van der Waals surface area contributed by atoms with E-state index in [0.717, 1.165) is 11.3 Å². The molecule has 0 fully saturated rings. The van der Waals surface area contributed by atoms with Crippen LogP contribution in [0.15, 0.2) is 28.7 Å². The molecule has 1 amide bonds. The van der Waals surface area contributed by atoms with E-state index in [1.54, 1.807) is 13.2 Å². The summed E-state index contributed by atoms with van der Waals surface area (Å²) in [5.41, 5.74) is 1.14. The summed E-state index contributed by atoms with van der Waals surface area (Å²) in [5, 5.41) is 2.72. The molecule has 2 aromatic rings. The van der Waals surface area contributed by atoms with Crippen LogP contribution >= 0.6 is 39.1 Å². The fraction of sp³-hybridized carbons (Fsp3) is 0.300. The van der Waals surface area contributed by atoms with Gasteiger partial charge in [0, 0.05) is 11.1 Å². The largest absolute Gasteiger partial charge is 0.496 e. The van der Waals surface area contributed by atoms with Gasteiger partial charge in [0.05, 0.1) is 28.7 Å². The van der Waals surface area contributed by atoms with Crippen LogP contribution in [0, 0.1) is 0 Å². The van der Waals surface area contributed by atoms with Gasteiger partial charge in [-0.25, -0.2) is 0 Å². The lowest BCUT2D eigenvalue weighted by molar-refractivity contribution is -0.139. The quantitative estimate of drug-likeness (QED) is 0.498. The van der Waals surface area contributed by atoms with Gasteiger partial charge < -0.3 is 19.5 Å². The van der Waals surface area contributed by atoms with Crippen LogP contribution < -0.4 is 14.8 Å². The smallest absolute Gasteiger partial charge is 0.325 e. The highest BCUT2D eigenvalue weighted by atomic mass is 79.9. The molecule has 0 saturated heterocycles. The van der Waals surface area contributed by atoms with Crippen molar-refractivity contribution in [2.24, 2.45) is 0 Å². The normalized spacial score (nSPS) is 10.6. The lowest BCUT2D eigenvalue weighted by atomic mass is 10.0. The first-order valence-corrected chi connectivity index (χ1v) is 10.1. The second-order valence-electron chi connectivity index (χ2n) is 6.31. The van der Waals surface area contributed by atoms with E-state index in [1.165, 1.54) is 19.2 Å². The molecule has 0 heterocycles. The van der Waals surface area contributed by atoms with E-state index in [4.69, 9.17) is 32.7 Å². The Bertz CT molecular complexity index is 910. The SMILES string of the molecule is COC(=O)CNC(=O)c1cc(Cl)c(Oc2cc(C(C)C)c(OC)cc2Br)c(Cl)c1. The van der Waals surface area contributed by atoms with Gasteiger partial charge >= 0.3 is 5.97 Å². The molecule has 0 bridgehead atoms. The standard InChI is InChI=1S/C20H20BrCl2NO5/c1-10(2)12-7-17(13(21)8-16(12)27-3)29-19-14(22)5-11(6-15(19)23)20(26)24-9-18(25)28-4/h5-8,10H,9H2,1-4H3,(H,24,26). The number of carbonyl (C=O) groups is 2. The molecule has 0 aliphatic rings. The minimum absolute atomic E-state index is 0.148. The van der Waals surface area contributed by atoms with Gasteiger partial charge in [-0.3, -0.25) is 9.59 Å². The van der Waals surface area contributed by atoms with Crippen LogP contribution in [0.25, 0.3) is 0 Å². The second kappa shape index (κ2) is 10.2. The molecular formula is C20H20BrCl2NO5. The highest BCUT2D eigenvalue weighted by Crippen LogP contribution is 2.42. The highest BCUT2D eigenvalue weighted by Gasteiger charge is 2.18.